The summed E-state index contributed by atoms with van der Waals surface area (Å²) in [6, 6.07) is 6.62. The standard InChI is InChI=1S/C17H20N2O4S/c1-17(2,3)16-19-12(10-24-16)8-14(20)18-11-5-4-6-13(7-11)23-9-15(21)22/h4-7,10H,8-9H2,1-3H3,(H,18,20)(H,21,22). The smallest absolute Gasteiger partial charge is 0.341 e. The van der Waals surface area contributed by atoms with Crippen LogP contribution in [-0.4, -0.2) is 28.6 Å². The highest BCUT2D eigenvalue weighted by Gasteiger charge is 2.18. The molecule has 6 nitrogen and oxygen atoms in total. The Labute approximate surface area is 144 Å². The third kappa shape index (κ3) is 5.34. The van der Waals surface area contributed by atoms with Crippen LogP contribution in [0.5, 0.6) is 5.75 Å². The maximum absolute atomic E-state index is 12.1. The van der Waals surface area contributed by atoms with Gasteiger partial charge in [-0.1, -0.05) is 26.8 Å². The van der Waals surface area contributed by atoms with Crippen LogP contribution in [0.3, 0.4) is 0 Å². The highest BCUT2D eigenvalue weighted by molar-refractivity contribution is 7.09. The minimum absolute atomic E-state index is 0.0325. The molecule has 7 heteroatoms. The fraction of sp³-hybridized carbons (Fsp3) is 0.353. The molecule has 0 aliphatic heterocycles. The first kappa shape index (κ1) is 17.9. The molecule has 1 amide bonds. The van der Waals surface area contributed by atoms with E-state index >= 15 is 0 Å². The van der Waals surface area contributed by atoms with Crippen molar-refractivity contribution in [1.29, 1.82) is 0 Å². The van der Waals surface area contributed by atoms with Crippen molar-refractivity contribution < 1.29 is 19.4 Å². The SMILES string of the molecule is CC(C)(C)c1nc(CC(=O)Nc2cccc(OCC(=O)O)c2)cs1. The minimum Gasteiger partial charge on any atom is -0.482 e. The Balaban J connectivity index is 1.96. The monoisotopic (exact) mass is 348 g/mol. The normalized spacial score (nSPS) is 11.1. The Bertz CT molecular complexity index is 734. The van der Waals surface area contributed by atoms with Gasteiger partial charge in [-0.05, 0) is 12.1 Å². The summed E-state index contributed by atoms with van der Waals surface area (Å²) in [5.41, 5.74) is 1.25. The van der Waals surface area contributed by atoms with Gasteiger partial charge in [-0.15, -0.1) is 11.3 Å². The molecular formula is C17H20N2O4S. The summed E-state index contributed by atoms with van der Waals surface area (Å²) in [4.78, 5) is 27.1. The molecule has 0 spiro atoms. The largest absolute Gasteiger partial charge is 0.482 e. The van der Waals surface area contributed by atoms with Crippen LogP contribution in [0.15, 0.2) is 29.6 Å². The lowest BCUT2D eigenvalue weighted by atomic mass is 9.98. The van der Waals surface area contributed by atoms with Gasteiger partial charge in [0, 0.05) is 22.5 Å². The van der Waals surface area contributed by atoms with Crippen LogP contribution in [0.25, 0.3) is 0 Å². The molecule has 0 aliphatic carbocycles. The predicted octanol–water partition coefficient (Wildman–Crippen LogP) is 3.09. The summed E-state index contributed by atoms with van der Waals surface area (Å²) in [7, 11) is 0. The second-order valence-electron chi connectivity index (χ2n) is 6.33. The van der Waals surface area contributed by atoms with Crippen molar-refractivity contribution in [3.05, 3.63) is 40.3 Å². The Morgan fingerprint density at radius 2 is 2.08 bits per heavy atom. The number of aromatic nitrogens is 1. The van der Waals surface area contributed by atoms with E-state index < -0.39 is 12.6 Å². The molecule has 1 heterocycles. The molecule has 128 valence electrons. The molecule has 1 aromatic heterocycles. The number of ether oxygens (including phenoxy) is 1. The van der Waals surface area contributed by atoms with Crippen LogP contribution in [0, 0.1) is 0 Å². The van der Waals surface area contributed by atoms with Gasteiger partial charge in [-0.25, -0.2) is 9.78 Å². The van der Waals surface area contributed by atoms with Crippen LogP contribution >= 0.6 is 11.3 Å². The number of carbonyl (C=O) groups is 2. The van der Waals surface area contributed by atoms with Gasteiger partial charge in [0.1, 0.15) is 5.75 Å². The first-order valence-corrected chi connectivity index (χ1v) is 8.31. The van der Waals surface area contributed by atoms with Gasteiger partial charge in [0.2, 0.25) is 5.91 Å². The van der Waals surface area contributed by atoms with E-state index in [0.717, 1.165) is 10.7 Å². The van der Waals surface area contributed by atoms with Gasteiger partial charge in [-0.3, -0.25) is 4.79 Å². The number of benzene rings is 1. The maximum Gasteiger partial charge on any atom is 0.341 e. The number of anilines is 1. The van der Waals surface area contributed by atoms with Crippen LogP contribution in [-0.2, 0) is 21.4 Å². The topological polar surface area (TPSA) is 88.5 Å². The molecule has 0 saturated heterocycles. The third-order valence-electron chi connectivity index (χ3n) is 3.02. The van der Waals surface area contributed by atoms with E-state index in [4.69, 9.17) is 9.84 Å². The Morgan fingerprint density at radius 3 is 2.71 bits per heavy atom. The number of amides is 1. The van der Waals surface area contributed by atoms with Gasteiger partial charge in [-0.2, -0.15) is 0 Å². The molecule has 2 aromatic rings. The first-order chi connectivity index (χ1) is 11.2. The number of carbonyl (C=O) groups excluding carboxylic acids is 1. The van der Waals surface area contributed by atoms with Crippen molar-refractivity contribution in [1.82, 2.24) is 4.98 Å². The molecule has 24 heavy (non-hydrogen) atoms. The number of aliphatic carboxylic acids is 1. The van der Waals surface area contributed by atoms with E-state index in [1.807, 2.05) is 5.38 Å². The van der Waals surface area contributed by atoms with E-state index in [9.17, 15) is 9.59 Å². The molecule has 2 N–H and O–H groups in total. The lowest BCUT2D eigenvalue weighted by Gasteiger charge is -2.13. The predicted molar refractivity (Wildman–Crippen MR) is 92.7 cm³/mol. The Hall–Kier alpha value is -2.41. The number of hydrogen-bond acceptors (Lipinski definition) is 5. The third-order valence-corrected chi connectivity index (χ3v) is 4.33. The van der Waals surface area contributed by atoms with Crippen LogP contribution in [0.2, 0.25) is 0 Å². The zero-order valence-electron chi connectivity index (χ0n) is 13.8. The van der Waals surface area contributed by atoms with Gasteiger partial charge >= 0.3 is 5.97 Å². The number of rotatable bonds is 6. The van der Waals surface area contributed by atoms with Gasteiger partial charge in [0.05, 0.1) is 17.1 Å². The van der Waals surface area contributed by atoms with Crippen molar-refractivity contribution in [2.75, 3.05) is 11.9 Å². The highest BCUT2D eigenvalue weighted by Crippen LogP contribution is 2.26. The van der Waals surface area contributed by atoms with Crippen molar-refractivity contribution in [3.63, 3.8) is 0 Å². The summed E-state index contributed by atoms with van der Waals surface area (Å²) in [6.45, 7) is 5.82. The second kappa shape index (κ2) is 7.44. The van der Waals surface area contributed by atoms with Crippen molar-refractivity contribution in [3.8, 4) is 5.75 Å². The lowest BCUT2D eigenvalue weighted by Crippen LogP contribution is -2.16. The maximum atomic E-state index is 12.1. The molecule has 2 rings (SSSR count). The van der Waals surface area contributed by atoms with E-state index in [1.165, 1.54) is 0 Å². The molecule has 1 aromatic carbocycles. The van der Waals surface area contributed by atoms with E-state index in [0.29, 0.717) is 11.4 Å². The molecule has 0 unspecified atom stereocenters. The quantitative estimate of drug-likeness (QED) is 0.837. The van der Waals surface area contributed by atoms with E-state index in [1.54, 1.807) is 35.6 Å². The Morgan fingerprint density at radius 1 is 1.33 bits per heavy atom. The average molecular weight is 348 g/mol. The van der Waals surface area contributed by atoms with Crippen LogP contribution < -0.4 is 10.1 Å². The van der Waals surface area contributed by atoms with E-state index in [2.05, 4.69) is 31.1 Å². The highest BCUT2D eigenvalue weighted by atomic mass is 32.1. The lowest BCUT2D eigenvalue weighted by molar-refractivity contribution is -0.139. The molecular weight excluding hydrogens is 328 g/mol. The van der Waals surface area contributed by atoms with Crippen LogP contribution in [0.4, 0.5) is 5.69 Å². The number of thiazole rings is 1. The zero-order valence-corrected chi connectivity index (χ0v) is 14.6. The number of nitrogens with one attached hydrogen (secondary N) is 1. The fourth-order valence-electron chi connectivity index (χ4n) is 1.91. The van der Waals surface area contributed by atoms with Crippen molar-refractivity contribution in [2.45, 2.75) is 32.6 Å². The Kier molecular flexibility index (Phi) is 5.56. The molecule has 0 atom stereocenters. The van der Waals surface area contributed by atoms with Gasteiger partial charge in [0.25, 0.3) is 0 Å². The molecule has 0 aliphatic rings. The summed E-state index contributed by atoms with van der Waals surface area (Å²) >= 11 is 1.55. The molecule has 0 bridgehead atoms. The average Bonchev–Trinajstić information content (AvgIpc) is 2.94. The van der Waals surface area contributed by atoms with E-state index in [-0.39, 0.29) is 17.7 Å². The number of carboxylic acids is 1. The number of carboxylic acid groups (broad SMARTS) is 1. The summed E-state index contributed by atoms with van der Waals surface area (Å²) < 4.78 is 5.09. The summed E-state index contributed by atoms with van der Waals surface area (Å²) in [5.74, 6) is -0.849. The summed E-state index contributed by atoms with van der Waals surface area (Å²) in [6.07, 6.45) is 0.187. The zero-order chi connectivity index (χ0) is 17.7. The van der Waals surface area contributed by atoms with Gasteiger partial charge in [0.15, 0.2) is 6.61 Å². The molecule has 0 radical (unpaired) electrons. The van der Waals surface area contributed by atoms with Crippen molar-refractivity contribution in [2.24, 2.45) is 0 Å². The molecule has 0 saturated carbocycles. The minimum atomic E-state index is -1.05. The second-order valence-corrected chi connectivity index (χ2v) is 7.19. The van der Waals surface area contributed by atoms with Crippen LogP contribution in [0.1, 0.15) is 31.5 Å². The number of hydrogen-bond donors (Lipinski definition) is 2. The summed E-state index contributed by atoms with van der Waals surface area (Å²) in [5, 5.41) is 14.3. The van der Waals surface area contributed by atoms with Gasteiger partial charge < -0.3 is 15.2 Å². The fourth-order valence-corrected chi connectivity index (χ4v) is 2.82. The first-order valence-electron chi connectivity index (χ1n) is 7.43. The molecule has 0 fully saturated rings. The number of nitrogens with zero attached hydrogens (tertiary/aromatic N) is 1. The van der Waals surface area contributed by atoms with Crippen molar-refractivity contribution >= 4 is 28.9 Å².